The molecule has 6 nitrogen and oxygen atoms in total. The van der Waals surface area contributed by atoms with Gasteiger partial charge in [-0.2, -0.15) is 4.98 Å². The lowest BCUT2D eigenvalue weighted by atomic mass is 10.1. The zero-order valence-electron chi connectivity index (χ0n) is 13.9. The van der Waals surface area contributed by atoms with Crippen molar-refractivity contribution in [1.29, 1.82) is 0 Å². The Bertz CT molecular complexity index is 917. The van der Waals surface area contributed by atoms with Gasteiger partial charge in [0.15, 0.2) is 5.69 Å². The quantitative estimate of drug-likeness (QED) is 0.718. The van der Waals surface area contributed by atoms with Gasteiger partial charge in [-0.1, -0.05) is 43.0 Å². The molecule has 0 fully saturated rings. The number of fused-ring (bicyclic) bond motifs is 3. The van der Waals surface area contributed by atoms with Crippen LogP contribution in [0.15, 0.2) is 47.6 Å². The van der Waals surface area contributed by atoms with Gasteiger partial charge in [0.05, 0.1) is 0 Å². The van der Waals surface area contributed by atoms with Crippen molar-refractivity contribution in [2.75, 3.05) is 11.1 Å². The third-order valence-electron chi connectivity index (χ3n) is 3.79. The van der Waals surface area contributed by atoms with Gasteiger partial charge in [-0.3, -0.25) is 4.98 Å². The normalized spacial score (nSPS) is 15.4. The average molecular weight is 351 g/mol. The fourth-order valence-corrected chi connectivity index (χ4v) is 3.19. The summed E-state index contributed by atoms with van der Waals surface area (Å²) < 4.78 is 6.17. The Balaban J connectivity index is 1.84. The average Bonchev–Trinajstić information content (AvgIpc) is 2.78. The van der Waals surface area contributed by atoms with E-state index in [0.29, 0.717) is 16.7 Å². The van der Waals surface area contributed by atoms with Crippen LogP contribution in [0, 0.1) is 6.92 Å². The highest BCUT2D eigenvalue weighted by molar-refractivity contribution is 7.99. The van der Waals surface area contributed by atoms with Crippen LogP contribution in [0.3, 0.4) is 0 Å². The Morgan fingerprint density at radius 1 is 1.08 bits per heavy atom. The maximum Gasteiger partial charge on any atom is 0.247 e. The molecule has 1 N–H and O–H groups in total. The van der Waals surface area contributed by atoms with Crippen molar-refractivity contribution in [3.63, 3.8) is 0 Å². The molecule has 1 aliphatic rings. The molecule has 1 atom stereocenters. The number of thioether (sulfide) groups is 1. The third-order valence-corrected chi connectivity index (χ3v) is 4.51. The summed E-state index contributed by atoms with van der Waals surface area (Å²) in [6.07, 6.45) is -0.446. The molecule has 0 aliphatic carbocycles. The smallest absolute Gasteiger partial charge is 0.247 e. The van der Waals surface area contributed by atoms with Crippen molar-refractivity contribution in [3.05, 3.63) is 53.9 Å². The number of hydrogen-bond donors (Lipinski definition) is 1. The Labute approximate surface area is 150 Å². The minimum atomic E-state index is -0.446. The molecule has 126 valence electrons. The second-order valence-corrected chi connectivity index (χ2v) is 6.80. The van der Waals surface area contributed by atoms with Gasteiger partial charge < -0.3 is 10.1 Å². The number of para-hydroxylation sites is 1. The standard InChI is InChI=1S/C18H17N5OS/c1-3-25-18-21-17-15(22-23-18)12-8-4-5-9-13(12)20-16(24-17)14-10-6-7-11(2)19-14/h4-10,16,20H,3H2,1-2H3/t16-/m0/s1. The van der Waals surface area contributed by atoms with Gasteiger partial charge >= 0.3 is 0 Å². The number of aryl methyl sites for hydroxylation is 1. The Morgan fingerprint density at radius 3 is 2.80 bits per heavy atom. The highest BCUT2D eigenvalue weighted by atomic mass is 32.2. The van der Waals surface area contributed by atoms with Crippen LogP contribution in [0.4, 0.5) is 5.69 Å². The summed E-state index contributed by atoms with van der Waals surface area (Å²) in [6.45, 7) is 4.01. The first-order valence-electron chi connectivity index (χ1n) is 8.08. The predicted molar refractivity (Wildman–Crippen MR) is 97.6 cm³/mol. The fourth-order valence-electron chi connectivity index (χ4n) is 2.68. The molecule has 0 saturated heterocycles. The molecule has 4 rings (SSSR count). The SMILES string of the molecule is CCSc1nnc2c(n1)O[C@@H](c1cccc(C)n1)Nc1ccccc1-2. The minimum absolute atomic E-state index is 0.446. The van der Waals surface area contributed by atoms with Gasteiger partial charge in [0.2, 0.25) is 17.3 Å². The van der Waals surface area contributed by atoms with Crippen LogP contribution < -0.4 is 10.1 Å². The summed E-state index contributed by atoms with van der Waals surface area (Å²) in [4.78, 5) is 9.15. The molecule has 0 saturated carbocycles. The molecule has 3 aromatic rings. The van der Waals surface area contributed by atoms with E-state index in [2.05, 4.69) is 32.4 Å². The number of ether oxygens (including phenoxy) is 1. The molecule has 0 amide bonds. The van der Waals surface area contributed by atoms with Gasteiger partial charge in [-0.05, 0) is 30.9 Å². The van der Waals surface area contributed by atoms with Crippen LogP contribution in [-0.4, -0.2) is 25.9 Å². The second-order valence-electron chi connectivity index (χ2n) is 5.57. The fraction of sp³-hybridized carbons (Fsp3) is 0.222. The van der Waals surface area contributed by atoms with Crippen LogP contribution in [-0.2, 0) is 0 Å². The molecule has 0 radical (unpaired) electrons. The summed E-state index contributed by atoms with van der Waals surface area (Å²) >= 11 is 1.53. The lowest BCUT2D eigenvalue weighted by molar-refractivity contribution is 0.220. The topological polar surface area (TPSA) is 72.8 Å². The maximum atomic E-state index is 6.17. The Morgan fingerprint density at radius 2 is 1.96 bits per heavy atom. The van der Waals surface area contributed by atoms with Crippen LogP contribution >= 0.6 is 11.8 Å². The number of nitrogens with one attached hydrogen (secondary N) is 1. The lowest BCUT2D eigenvalue weighted by Crippen LogP contribution is -2.18. The van der Waals surface area contributed by atoms with Crippen molar-refractivity contribution in [2.24, 2.45) is 0 Å². The number of benzene rings is 1. The number of nitrogens with zero attached hydrogens (tertiary/aromatic N) is 4. The summed E-state index contributed by atoms with van der Waals surface area (Å²) in [5.74, 6) is 1.34. The van der Waals surface area contributed by atoms with Crippen molar-refractivity contribution in [3.8, 4) is 17.1 Å². The highest BCUT2D eigenvalue weighted by Gasteiger charge is 2.26. The first-order valence-corrected chi connectivity index (χ1v) is 9.07. The minimum Gasteiger partial charge on any atom is -0.446 e. The Hall–Kier alpha value is -2.67. The van der Waals surface area contributed by atoms with E-state index in [9.17, 15) is 0 Å². The molecular weight excluding hydrogens is 334 g/mol. The first-order chi connectivity index (χ1) is 12.2. The van der Waals surface area contributed by atoms with Gasteiger partial charge in [-0.25, -0.2) is 0 Å². The zero-order valence-corrected chi connectivity index (χ0v) is 14.7. The lowest BCUT2D eigenvalue weighted by Gasteiger charge is -2.18. The molecular formula is C18H17N5OS. The first kappa shape index (κ1) is 15.8. The number of rotatable bonds is 3. The van der Waals surface area contributed by atoms with Crippen LogP contribution in [0.5, 0.6) is 5.88 Å². The molecule has 0 spiro atoms. The third kappa shape index (κ3) is 3.15. The van der Waals surface area contributed by atoms with Crippen molar-refractivity contribution in [2.45, 2.75) is 25.2 Å². The molecule has 2 aromatic heterocycles. The van der Waals surface area contributed by atoms with Gasteiger partial charge in [-0.15, -0.1) is 10.2 Å². The van der Waals surface area contributed by atoms with Crippen molar-refractivity contribution >= 4 is 17.4 Å². The molecule has 0 bridgehead atoms. The maximum absolute atomic E-state index is 6.17. The second kappa shape index (κ2) is 6.68. The summed E-state index contributed by atoms with van der Waals surface area (Å²) in [7, 11) is 0. The number of aromatic nitrogens is 4. The van der Waals surface area contributed by atoms with Gasteiger partial charge in [0, 0.05) is 16.9 Å². The largest absolute Gasteiger partial charge is 0.446 e. The van der Waals surface area contributed by atoms with Crippen molar-refractivity contribution < 1.29 is 4.74 Å². The Kier molecular flexibility index (Phi) is 4.23. The van der Waals surface area contributed by atoms with Gasteiger partial charge in [0.1, 0.15) is 5.69 Å². The van der Waals surface area contributed by atoms with E-state index in [1.165, 1.54) is 11.8 Å². The van der Waals surface area contributed by atoms with E-state index < -0.39 is 6.23 Å². The highest BCUT2D eigenvalue weighted by Crippen LogP contribution is 2.39. The number of anilines is 1. The van der Waals surface area contributed by atoms with E-state index in [-0.39, 0.29) is 0 Å². The van der Waals surface area contributed by atoms with Gasteiger partial charge in [0.25, 0.3) is 0 Å². The molecule has 3 heterocycles. The molecule has 0 unspecified atom stereocenters. The number of pyridine rings is 1. The van der Waals surface area contributed by atoms with Crippen LogP contribution in [0.2, 0.25) is 0 Å². The summed E-state index contributed by atoms with van der Waals surface area (Å²) in [6, 6.07) is 13.8. The van der Waals surface area contributed by atoms with Crippen LogP contribution in [0.1, 0.15) is 24.5 Å². The molecule has 25 heavy (non-hydrogen) atoms. The summed E-state index contributed by atoms with van der Waals surface area (Å²) in [5.41, 5.74) is 4.20. The molecule has 1 aromatic carbocycles. The van der Waals surface area contributed by atoms with Crippen LogP contribution in [0.25, 0.3) is 11.3 Å². The van der Waals surface area contributed by atoms with E-state index >= 15 is 0 Å². The zero-order chi connectivity index (χ0) is 17.2. The molecule has 7 heteroatoms. The monoisotopic (exact) mass is 351 g/mol. The van der Waals surface area contributed by atoms with Crippen molar-refractivity contribution in [1.82, 2.24) is 20.2 Å². The van der Waals surface area contributed by atoms with E-state index in [1.54, 1.807) is 0 Å². The number of hydrogen-bond acceptors (Lipinski definition) is 7. The van der Waals surface area contributed by atoms with E-state index in [0.717, 1.165) is 28.4 Å². The summed E-state index contributed by atoms with van der Waals surface area (Å²) in [5, 5.41) is 12.6. The predicted octanol–water partition coefficient (Wildman–Crippen LogP) is 3.86. The van der Waals surface area contributed by atoms with E-state index in [4.69, 9.17) is 4.74 Å². The van der Waals surface area contributed by atoms with E-state index in [1.807, 2.05) is 49.4 Å². The molecule has 1 aliphatic heterocycles.